The molecule has 7 heteroatoms. The zero-order valence-electron chi connectivity index (χ0n) is 20.7. The van der Waals surface area contributed by atoms with Crippen LogP contribution in [0.3, 0.4) is 0 Å². The number of fused-ring (bicyclic) bond motifs is 3. The van der Waals surface area contributed by atoms with Crippen LogP contribution in [0.4, 0.5) is 0 Å². The minimum Gasteiger partial charge on any atom is -0.508 e. The lowest BCUT2D eigenvalue weighted by atomic mass is 9.84. The summed E-state index contributed by atoms with van der Waals surface area (Å²) in [5.41, 5.74) is 3.19. The summed E-state index contributed by atoms with van der Waals surface area (Å²) in [6.45, 7) is 8.00. The fourth-order valence-electron chi connectivity index (χ4n) is 4.60. The molecule has 1 aromatic carbocycles. The Bertz CT molecular complexity index is 1010. The van der Waals surface area contributed by atoms with E-state index in [1.807, 2.05) is 6.92 Å². The average molecular weight is 472 g/mol. The third-order valence-electron chi connectivity index (χ3n) is 6.75. The van der Waals surface area contributed by atoms with Crippen molar-refractivity contribution in [3.63, 3.8) is 0 Å². The number of hydrogen-bond donors (Lipinski definition) is 3. The van der Waals surface area contributed by atoms with Crippen LogP contribution in [0, 0.1) is 0 Å². The van der Waals surface area contributed by atoms with Gasteiger partial charge in [0, 0.05) is 24.0 Å². The molecule has 186 valence electrons. The number of aliphatic hydroxyl groups is 2. The van der Waals surface area contributed by atoms with Gasteiger partial charge >= 0.3 is 0 Å². The molecule has 0 bridgehead atoms. The van der Waals surface area contributed by atoms with E-state index in [-0.39, 0.29) is 50.0 Å². The van der Waals surface area contributed by atoms with Crippen molar-refractivity contribution in [2.45, 2.75) is 84.5 Å². The summed E-state index contributed by atoms with van der Waals surface area (Å²) in [6, 6.07) is 1.41. The van der Waals surface area contributed by atoms with Gasteiger partial charge in [0.15, 0.2) is 5.78 Å². The number of carbonyl (C=O) groups is 2. The molecule has 1 aromatic rings. The van der Waals surface area contributed by atoms with E-state index < -0.39 is 11.7 Å². The van der Waals surface area contributed by atoms with Crippen LogP contribution in [0.2, 0.25) is 0 Å². The molecule has 7 nitrogen and oxygen atoms in total. The minimum absolute atomic E-state index is 0.00841. The molecule has 3 N–H and O–H groups in total. The number of hydrogen-bond acceptors (Lipinski definition) is 6. The molecule has 0 aliphatic carbocycles. The maximum atomic E-state index is 12.9. The lowest BCUT2D eigenvalue weighted by Gasteiger charge is -2.40. The first-order chi connectivity index (χ1) is 16.1. The second kappa shape index (κ2) is 10.7. The molecule has 2 aliphatic heterocycles. The first-order valence-corrected chi connectivity index (χ1v) is 12.0. The molecule has 2 aliphatic rings. The molecule has 0 spiro atoms. The van der Waals surface area contributed by atoms with Crippen molar-refractivity contribution in [1.29, 1.82) is 0 Å². The van der Waals surface area contributed by atoms with Crippen LogP contribution in [0.5, 0.6) is 11.5 Å². The van der Waals surface area contributed by atoms with Gasteiger partial charge in [-0.1, -0.05) is 23.3 Å². The fourth-order valence-corrected chi connectivity index (χ4v) is 4.60. The van der Waals surface area contributed by atoms with Gasteiger partial charge in [0.05, 0.1) is 31.4 Å². The first kappa shape index (κ1) is 26.0. The number of nitrogens with zero attached hydrogens (tertiary/aromatic N) is 1. The summed E-state index contributed by atoms with van der Waals surface area (Å²) >= 11 is 0. The largest absolute Gasteiger partial charge is 0.508 e. The van der Waals surface area contributed by atoms with Crippen LogP contribution in [-0.4, -0.2) is 56.8 Å². The van der Waals surface area contributed by atoms with Crippen molar-refractivity contribution in [2.75, 3.05) is 13.2 Å². The van der Waals surface area contributed by atoms with Gasteiger partial charge in [0.1, 0.15) is 17.1 Å². The third-order valence-corrected chi connectivity index (χ3v) is 6.75. The van der Waals surface area contributed by atoms with Gasteiger partial charge in [-0.05, 0) is 59.4 Å². The topological polar surface area (TPSA) is 107 Å². The van der Waals surface area contributed by atoms with Crippen molar-refractivity contribution in [2.24, 2.45) is 0 Å². The van der Waals surface area contributed by atoms with Crippen molar-refractivity contribution < 1.29 is 29.6 Å². The normalized spacial score (nSPS) is 21.7. The molecule has 2 heterocycles. The van der Waals surface area contributed by atoms with Crippen LogP contribution in [0.15, 0.2) is 29.4 Å². The molecular weight excluding hydrogens is 434 g/mol. The smallest absolute Gasteiger partial charge is 0.255 e. The molecule has 34 heavy (non-hydrogen) atoms. The Hall–Kier alpha value is -2.64. The maximum absolute atomic E-state index is 12.9. The SMILES string of the molecule is CC(C)=CCCC(C)=CCCC1(C)Oc2c(c(O)cc3c2CN(CC(=O)CCO)C3=O)CC1O. The molecule has 2 unspecified atom stereocenters. The van der Waals surface area contributed by atoms with Crippen LogP contribution >= 0.6 is 0 Å². The van der Waals surface area contributed by atoms with Crippen molar-refractivity contribution in [1.82, 2.24) is 4.90 Å². The summed E-state index contributed by atoms with van der Waals surface area (Å²) in [5.74, 6) is -0.209. The molecule has 0 aromatic heterocycles. The predicted octanol–water partition coefficient (Wildman–Crippen LogP) is 3.83. The number of amides is 1. The molecule has 0 saturated carbocycles. The van der Waals surface area contributed by atoms with E-state index >= 15 is 0 Å². The van der Waals surface area contributed by atoms with Crippen molar-refractivity contribution >= 4 is 11.7 Å². The average Bonchev–Trinajstić information content (AvgIpc) is 3.05. The zero-order chi connectivity index (χ0) is 25.0. The molecular formula is C27H37NO6. The summed E-state index contributed by atoms with van der Waals surface area (Å²) in [5, 5.41) is 30.4. The van der Waals surface area contributed by atoms with E-state index in [2.05, 4.69) is 32.9 Å². The van der Waals surface area contributed by atoms with Gasteiger partial charge in [-0.25, -0.2) is 0 Å². The quantitative estimate of drug-likeness (QED) is 0.448. The first-order valence-electron chi connectivity index (χ1n) is 12.0. The second-order valence-electron chi connectivity index (χ2n) is 9.95. The Morgan fingerprint density at radius 3 is 2.62 bits per heavy atom. The number of phenols is 1. The van der Waals surface area contributed by atoms with E-state index in [4.69, 9.17) is 9.84 Å². The lowest BCUT2D eigenvalue weighted by Crippen LogP contribution is -2.49. The summed E-state index contributed by atoms with van der Waals surface area (Å²) < 4.78 is 6.35. The van der Waals surface area contributed by atoms with E-state index in [1.165, 1.54) is 22.1 Å². The monoisotopic (exact) mass is 471 g/mol. The molecule has 3 rings (SSSR count). The van der Waals surface area contributed by atoms with Gasteiger partial charge in [0.25, 0.3) is 5.91 Å². The Kier molecular flexibility index (Phi) is 8.21. The number of phenolic OH excluding ortho intramolecular Hbond substituents is 1. The van der Waals surface area contributed by atoms with E-state index in [1.54, 1.807) is 0 Å². The van der Waals surface area contributed by atoms with Crippen LogP contribution in [0.1, 0.15) is 81.3 Å². The predicted molar refractivity (Wildman–Crippen MR) is 130 cm³/mol. The Morgan fingerprint density at radius 2 is 1.94 bits per heavy atom. The molecule has 0 fully saturated rings. The standard InChI is InChI=1S/C27H37NO6/c1-17(2)7-5-8-18(3)9-6-11-27(4)24(32)14-21-23(31)13-20-22(25(21)34-27)16-28(26(20)33)15-19(30)10-12-29/h7,9,13,24,29,31-32H,5-6,8,10-12,14-16H2,1-4H3. The Balaban J connectivity index is 1.77. The van der Waals surface area contributed by atoms with Gasteiger partial charge in [0.2, 0.25) is 0 Å². The van der Waals surface area contributed by atoms with Crippen LogP contribution in [0.25, 0.3) is 0 Å². The number of carbonyl (C=O) groups excluding carboxylic acids is 2. The van der Waals surface area contributed by atoms with Gasteiger partial charge in [-0.2, -0.15) is 0 Å². The van der Waals surface area contributed by atoms with E-state index in [9.17, 15) is 19.8 Å². The van der Waals surface area contributed by atoms with Crippen LogP contribution < -0.4 is 4.74 Å². The highest BCUT2D eigenvalue weighted by Crippen LogP contribution is 2.46. The molecule has 0 radical (unpaired) electrons. The second-order valence-corrected chi connectivity index (χ2v) is 9.95. The number of benzene rings is 1. The van der Waals surface area contributed by atoms with Crippen molar-refractivity contribution in [3.8, 4) is 11.5 Å². The lowest BCUT2D eigenvalue weighted by molar-refractivity contribution is -0.120. The molecule has 0 saturated heterocycles. The summed E-state index contributed by atoms with van der Waals surface area (Å²) in [4.78, 5) is 26.3. The van der Waals surface area contributed by atoms with Gasteiger partial charge in [-0.3, -0.25) is 9.59 Å². The molecule has 1 amide bonds. The third kappa shape index (κ3) is 5.70. The maximum Gasteiger partial charge on any atom is 0.255 e. The summed E-state index contributed by atoms with van der Waals surface area (Å²) in [7, 11) is 0. The Morgan fingerprint density at radius 1 is 1.21 bits per heavy atom. The minimum atomic E-state index is -0.867. The van der Waals surface area contributed by atoms with Gasteiger partial charge in [-0.15, -0.1) is 0 Å². The highest BCUT2D eigenvalue weighted by atomic mass is 16.5. The number of Topliss-reactive ketones (excluding diaryl/α,β-unsaturated/α-hetero) is 1. The number of allylic oxidation sites excluding steroid dienone is 4. The summed E-state index contributed by atoms with van der Waals surface area (Å²) in [6.07, 6.45) is 7.14. The van der Waals surface area contributed by atoms with Gasteiger partial charge < -0.3 is 25.0 Å². The van der Waals surface area contributed by atoms with E-state index in [0.29, 0.717) is 28.9 Å². The number of aliphatic hydroxyl groups excluding tert-OH is 2. The van der Waals surface area contributed by atoms with E-state index in [0.717, 1.165) is 19.3 Å². The molecule has 2 atom stereocenters. The number of ketones is 1. The van der Waals surface area contributed by atoms with Crippen molar-refractivity contribution in [3.05, 3.63) is 46.1 Å². The van der Waals surface area contributed by atoms with Crippen LogP contribution in [-0.2, 0) is 17.8 Å². The number of rotatable bonds is 10. The highest BCUT2D eigenvalue weighted by Gasteiger charge is 2.44. The highest BCUT2D eigenvalue weighted by molar-refractivity contribution is 6.02. The number of aromatic hydroxyl groups is 1. The zero-order valence-corrected chi connectivity index (χ0v) is 20.7. The number of ether oxygens (including phenoxy) is 1. The fraction of sp³-hybridized carbons (Fsp3) is 0.556. The Labute approximate surface area is 201 Å².